The minimum atomic E-state index is -0.256. The van der Waals surface area contributed by atoms with Gasteiger partial charge >= 0.3 is 0 Å². The molecule has 0 radical (unpaired) electrons. The van der Waals surface area contributed by atoms with Crippen LogP contribution in [0.2, 0.25) is 0 Å². The van der Waals surface area contributed by atoms with Crippen molar-refractivity contribution < 1.29 is 9.63 Å². The molecule has 0 bridgehead atoms. The summed E-state index contributed by atoms with van der Waals surface area (Å²) in [5.41, 5.74) is 7.55. The van der Waals surface area contributed by atoms with Gasteiger partial charge in [-0.3, -0.25) is 20.0 Å². The number of carbonyl (C=O) groups excluding carboxylic acids is 1. The van der Waals surface area contributed by atoms with Gasteiger partial charge in [0.25, 0.3) is 0 Å². The lowest BCUT2D eigenvalue weighted by molar-refractivity contribution is -0.125. The topological polar surface area (TPSA) is 68.9 Å². The van der Waals surface area contributed by atoms with Crippen LogP contribution in [-0.2, 0) is 16.2 Å². The first-order valence-electron chi connectivity index (χ1n) is 9.26. The molecule has 3 unspecified atom stereocenters. The molecule has 0 spiro atoms. The molecule has 0 aliphatic carbocycles. The number of likely N-dealkylation sites (tertiary alicyclic amines) is 1. The van der Waals surface area contributed by atoms with E-state index in [0.717, 1.165) is 39.1 Å². The second-order valence-electron chi connectivity index (χ2n) is 7.16. The molecule has 1 aromatic carbocycles. The maximum Gasteiger partial charge on any atom is 0.239 e. The monoisotopic (exact) mass is 345 g/mol. The average Bonchev–Trinajstić information content (AvgIpc) is 3.37. The molecule has 0 saturated carbocycles. The largest absolute Gasteiger partial charge is 0.349 e. The minimum Gasteiger partial charge on any atom is -0.349 e. The number of hydrazine groups is 1. The van der Waals surface area contributed by atoms with Crippen LogP contribution < -0.4 is 16.2 Å². The number of hydrogen-bond acceptors (Lipinski definition) is 6. The maximum absolute atomic E-state index is 12.5. The number of rotatable bonds is 5. The van der Waals surface area contributed by atoms with Crippen LogP contribution in [0.1, 0.15) is 24.8 Å². The van der Waals surface area contributed by atoms with Crippen molar-refractivity contribution in [3.8, 4) is 0 Å². The fourth-order valence-electron chi connectivity index (χ4n) is 3.83. The van der Waals surface area contributed by atoms with E-state index in [9.17, 15) is 4.79 Å². The fourth-order valence-corrected chi connectivity index (χ4v) is 3.83. The van der Waals surface area contributed by atoms with Gasteiger partial charge in [-0.15, -0.1) is 0 Å². The highest BCUT2D eigenvalue weighted by Crippen LogP contribution is 2.20. The molecule has 3 heterocycles. The van der Waals surface area contributed by atoms with Crippen molar-refractivity contribution in [2.75, 3.05) is 26.2 Å². The first kappa shape index (κ1) is 16.9. The van der Waals surface area contributed by atoms with Crippen LogP contribution >= 0.6 is 0 Å². The third-order valence-corrected chi connectivity index (χ3v) is 5.21. The molecule has 1 aromatic rings. The van der Waals surface area contributed by atoms with Gasteiger partial charge in [-0.2, -0.15) is 5.48 Å². The van der Waals surface area contributed by atoms with Crippen molar-refractivity contribution in [2.24, 2.45) is 0 Å². The Morgan fingerprint density at radius 3 is 2.84 bits per heavy atom. The summed E-state index contributed by atoms with van der Waals surface area (Å²) in [6.07, 6.45) is 3.21. The molecular formula is C18H27N5O2. The van der Waals surface area contributed by atoms with E-state index in [1.807, 2.05) is 18.2 Å². The van der Waals surface area contributed by atoms with Crippen LogP contribution in [0, 0.1) is 0 Å². The summed E-state index contributed by atoms with van der Waals surface area (Å²) in [4.78, 5) is 20.5. The number of hydrogen-bond donors (Lipinski definition) is 3. The molecular weight excluding hydrogens is 318 g/mol. The molecule has 1 amide bonds. The van der Waals surface area contributed by atoms with Gasteiger partial charge in [0.1, 0.15) is 12.3 Å². The molecule has 3 N–H and O–H groups in total. The van der Waals surface area contributed by atoms with E-state index in [-0.39, 0.29) is 24.2 Å². The summed E-state index contributed by atoms with van der Waals surface area (Å²) >= 11 is 0. The fraction of sp³-hybridized carbons (Fsp3) is 0.611. The average molecular weight is 345 g/mol. The summed E-state index contributed by atoms with van der Waals surface area (Å²) in [5, 5.41) is 5.30. The van der Waals surface area contributed by atoms with E-state index < -0.39 is 0 Å². The molecule has 3 atom stereocenters. The van der Waals surface area contributed by atoms with Crippen LogP contribution in [0.3, 0.4) is 0 Å². The van der Waals surface area contributed by atoms with Gasteiger partial charge in [0.2, 0.25) is 5.91 Å². The molecule has 3 aliphatic rings. The molecule has 3 fully saturated rings. The first-order valence-corrected chi connectivity index (χ1v) is 9.26. The number of amides is 1. The zero-order chi connectivity index (χ0) is 17.1. The molecule has 136 valence electrons. The van der Waals surface area contributed by atoms with Crippen molar-refractivity contribution >= 4 is 5.91 Å². The number of nitrogens with one attached hydrogen (secondary N) is 3. The van der Waals surface area contributed by atoms with E-state index in [1.165, 1.54) is 18.4 Å². The summed E-state index contributed by atoms with van der Waals surface area (Å²) in [6, 6.07) is 10.2. The lowest BCUT2D eigenvalue weighted by Gasteiger charge is -2.20. The molecule has 7 nitrogen and oxygen atoms in total. The Labute approximate surface area is 148 Å². The molecule has 3 aliphatic heterocycles. The van der Waals surface area contributed by atoms with Crippen molar-refractivity contribution in [2.45, 2.75) is 44.1 Å². The number of benzene rings is 1. The highest BCUT2D eigenvalue weighted by molar-refractivity contribution is 5.82. The van der Waals surface area contributed by atoms with Gasteiger partial charge < -0.3 is 5.32 Å². The lowest BCUT2D eigenvalue weighted by atomic mass is 10.1. The van der Waals surface area contributed by atoms with Crippen LogP contribution in [0.15, 0.2) is 30.3 Å². The van der Waals surface area contributed by atoms with Crippen LogP contribution in [0.4, 0.5) is 0 Å². The van der Waals surface area contributed by atoms with E-state index in [1.54, 1.807) is 0 Å². The Hall–Kier alpha value is -1.51. The van der Waals surface area contributed by atoms with Crippen LogP contribution in [0.5, 0.6) is 0 Å². The zero-order valence-corrected chi connectivity index (χ0v) is 14.5. The van der Waals surface area contributed by atoms with Crippen LogP contribution in [-0.4, -0.2) is 60.3 Å². The number of hydroxylamine groups is 1. The minimum absolute atomic E-state index is 0.0366. The Morgan fingerprint density at radius 1 is 1.24 bits per heavy atom. The second kappa shape index (κ2) is 7.80. The maximum atomic E-state index is 12.5. The summed E-state index contributed by atoms with van der Waals surface area (Å²) in [7, 11) is 0. The van der Waals surface area contributed by atoms with Gasteiger partial charge in [-0.05, 0) is 18.4 Å². The SMILES string of the molecule is O=C(NC1CNN(Cc2ccccc2)C1)C1CC(N2CCCC2)ON1. The normalized spacial score (nSPS) is 30.8. The number of carbonyl (C=O) groups is 1. The Bertz CT molecular complexity index is 578. The third-order valence-electron chi connectivity index (χ3n) is 5.21. The summed E-state index contributed by atoms with van der Waals surface area (Å²) in [6.45, 7) is 4.56. The van der Waals surface area contributed by atoms with Gasteiger partial charge in [-0.1, -0.05) is 30.3 Å². The van der Waals surface area contributed by atoms with E-state index >= 15 is 0 Å². The van der Waals surface area contributed by atoms with E-state index in [4.69, 9.17) is 4.84 Å². The smallest absolute Gasteiger partial charge is 0.239 e. The summed E-state index contributed by atoms with van der Waals surface area (Å²) < 4.78 is 0. The van der Waals surface area contributed by atoms with Gasteiger partial charge in [0.15, 0.2) is 0 Å². The predicted molar refractivity (Wildman–Crippen MR) is 94.0 cm³/mol. The van der Waals surface area contributed by atoms with Gasteiger partial charge in [-0.25, -0.2) is 5.01 Å². The van der Waals surface area contributed by atoms with Gasteiger partial charge in [0.05, 0.1) is 6.04 Å². The highest BCUT2D eigenvalue weighted by Gasteiger charge is 2.36. The molecule has 3 saturated heterocycles. The molecule has 0 aromatic heterocycles. The van der Waals surface area contributed by atoms with Crippen molar-refractivity contribution in [1.82, 2.24) is 26.1 Å². The second-order valence-corrected chi connectivity index (χ2v) is 7.16. The van der Waals surface area contributed by atoms with Gasteiger partial charge in [0, 0.05) is 39.1 Å². The number of nitrogens with zero attached hydrogens (tertiary/aromatic N) is 2. The quantitative estimate of drug-likeness (QED) is 0.709. The third kappa shape index (κ3) is 4.19. The Morgan fingerprint density at radius 2 is 2.04 bits per heavy atom. The van der Waals surface area contributed by atoms with Crippen molar-refractivity contribution in [3.63, 3.8) is 0 Å². The molecule has 4 rings (SSSR count). The van der Waals surface area contributed by atoms with E-state index in [0.29, 0.717) is 0 Å². The van der Waals surface area contributed by atoms with Crippen molar-refractivity contribution in [1.29, 1.82) is 0 Å². The lowest BCUT2D eigenvalue weighted by Crippen LogP contribution is -2.47. The Kier molecular flexibility index (Phi) is 5.28. The standard InChI is InChI=1S/C18H27N5O2/c24-18(16-10-17(25-21-16)22-8-4-5-9-22)20-15-11-19-23(13-15)12-14-6-2-1-3-7-14/h1-3,6-7,15-17,19,21H,4-5,8-13H2,(H,20,24). The van der Waals surface area contributed by atoms with Crippen LogP contribution in [0.25, 0.3) is 0 Å². The first-order chi connectivity index (χ1) is 12.3. The highest BCUT2D eigenvalue weighted by atomic mass is 16.7. The predicted octanol–water partition coefficient (Wildman–Crippen LogP) is 0.207. The Balaban J connectivity index is 1.22. The summed E-state index contributed by atoms with van der Waals surface area (Å²) in [5.74, 6) is 0.0371. The molecule has 7 heteroatoms. The zero-order valence-electron chi connectivity index (χ0n) is 14.5. The van der Waals surface area contributed by atoms with E-state index in [2.05, 4.69) is 38.3 Å². The molecule has 25 heavy (non-hydrogen) atoms. The van der Waals surface area contributed by atoms with Crippen molar-refractivity contribution in [3.05, 3.63) is 35.9 Å².